The maximum atomic E-state index is 12.3. The number of nitrogens with one attached hydrogen (secondary N) is 1. The van der Waals surface area contributed by atoms with Crippen molar-refractivity contribution >= 4 is 5.91 Å². The fraction of sp³-hybridized carbons (Fsp3) is 0.562. The van der Waals surface area contributed by atoms with E-state index in [1.807, 2.05) is 32.0 Å². The minimum Gasteiger partial charge on any atom is -0.349 e. The number of benzene rings is 1. The first-order chi connectivity index (χ1) is 9.10. The molecule has 1 aromatic rings. The summed E-state index contributed by atoms with van der Waals surface area (Å²) in [7, 11) is 0. The highest BCUT2D eigenvalue weighted by Gasteiger charge is 2.23. The van der Waals surface area contributed by atoms with Gasteiger partial charge in [0.2, 0.25) is 5.91 Å². The number of nitrogens with two attached hydrogens (primary N) is 1. The first-order valence-corrected chi connectivity index (χ1v) is 7.15. The van der Waals surface area contributed by atoms with E-state index in [-0.39, 0.29) is 23.8 Å². The average Bonchev–Trinajstić information content (AvgIpc) is 2.39. The molecule has 2 atom stereocenters. The molecular weight excluding hydrogens is 236 g/mol. The van der Waals surface area contributed by atoms with Gasteiger partial charge >= 0.3 is 0 Å². The second kappa shape index (κ2) is 7.95. The van der Waals surface area contributed by atoms with Gasteiger partial charge < -0.3 is 11.1 Å². The van der Waals surface area contributed by atoms with Gasteiger partial charge in [-0.25, -0.2) is 0 Å². The standard InChI is InChI=1S/C16H26N2O/c1-4-8-15(13-9-6-5-7-10-13)18-16(19)14(11-17)12(2)3/h5-7,9-10,12,14-15H,4,8,11,17H2,1-3H3,(H,18,19). The van der Waals surface area contributed by atoms with Crippen LogP contribution in [-0.2, 0) is 4.79 Å². The molecule has 0 aliphatic heterocycles. The van der Waals surface area contributed by atoms with Crippen molar-refractivity contribution in [3.8, 4) is 0 Å². The quantitative estimate of drug-likeness (QED) is 0.794. The lowest BCUT2D eigenvalue weighted by molar-refractivity contribution is -0.126. The summed E-state index contributed by atoms with van der Waals surface area (Å²) in [6.07, 6.45) is 1.99. The number of hydrogen-bond donors (Lipinski definition) is 2. The van der Waals surface area contributed by atoms with Crippen molar-refractivity contribution in [1.82, 2.24) is 5.32 Å². The molecule has 0 aliphatic carbocycles. The van der Waals surface area contributed by atoms with E-state index in [0.717, 1.165) is 18.4 Å². The van der Waals surface area contributed by atoms with Gasteiger partial charge in [-0.05, 0) is 17.9 Å². The van der Waals surface area contributed by atoms with E-state index in [2.05, 4.69) is 24.4 Å². The van der Waals surface area contributed by atoms with Gasteiger partial charge in [-0.1, -0.05) is 57.5 Å². The first kappa shape index (κ1) is 15.7. The Labute approximate surface area is 116 Å². The van der Waals surface area contributed by atoms with Crippen molar-refractivity contribution < 1.29 is 4.79 Å². The zero-order chi connectivity index (χ0) is 14.3. The number of hydrogen-bond acceptors (Lipinski definition) is 2. The maximum Gasteiger partial charge on any atom is 0.225 e. The van der Waals surface area contributed by atoms with Gasteiger partial charge in [-0.2, -0.15) is 0 Å². The van der Waals surface area contributed by atoms with Crippen LogP contribution in [0.4, 0.5) is 0 Å². The Bertz CT molecular complexity index is 376. The SMILES string of the molecule is CCCC(NC(=O)C(CN)C(C)C)c1ccccc1. The van der Waals surface area contributed by atoms with Crippen LogP contribution in [-0.4, -0.2) is 12.5 Å². The third-order valence-corrected chi connectivity index (χ3v) is 3.49. The van der Waals surface area contributed by atoms with E-state index in [1.54, 1.807) is 0 Å². The van der Waals surface area contributed by atoms with Crippen LogP contribution in [0.15, 0.2) is 30.3 Å². The molecule has 0 aliphatic rings. The van der Waals surface area contributed by atoms with Crippen molar-refractivity contribution in [2.24, 2.45) is 17.6 Å². The summed E-state index contributed by atoms with van der Waals surface area (Å²) in [6.45, 7) is 6.60. The fourth-order valence-electron chi connectivity index (χ4n) is 2.26. The highest BCUT2D eigenvalue weighted by atomic mass is 16.2. The van der Waals surface area contributed by atoms with Crippen LogP contribution in [0.1, 0.15) is 45.2 Å². The Balaban J connectivity index is 2.76. The molecule has 0 saturated heterocycles. The van der Waals surface area contributed by atoms with Gasteiger partial charge in [0.1, 0.15) is 0 Å². The van der Waals surface area contributed by atoms with Gasteiger partial charge in [-0.3, -0.25) is 4.79 Å². The molecule has 0 radical (unpaired) electrons. The summed E-state index contributed by atoms with van der Waals surface area (Å²) in [6, 6.07) is 10.2. The molecule has 0 spiro atoms. The van der Waals surface area contributed by atoms with Gasteiger partial charge in [0.05, 0.1) is 12.0 Å². The van der Waals surface area contributed by atoms with Crippen LogP contribution in [0.3, 0.4) is 0 Å². The van der Waals surface area contributed by atoms with E-state index in [0.29, 0.717) is 6.54 Å². The molecule has 0 fully saturated rings. The summed E-state index contributed by atoms with van der Waals surface area (Å²) in [5, 5.41) is 3.15. The molecule has 0 saturated carbocycles. The van der Waals surface area contributed by atoms with Crippen molar-refractivity contribution in [1.29, 1.82) is 0 Å². The molecule has 2 unspecified atom stereocenters. The van der Waals surface area contributed by atoms with Gasteiger partial charge in [0.25, 0.3) is 0 Å². The molecule has 1 amide bonds. The molecule has 3 heteroatoms. The largest absolute Gasteiger partial charge is 0.349 e. The topological polar surface area (TPSA) is 55.1 Å². The zero-order valence-electron chi connectivity index (χ0n) is 12.2. The predicted octanol–water partition coefficient (Wildman–Crippen LogP) is 2.87. The molecular formula is C16H26N2O. The second-order valence-corrected chi connectivity index (χ2v) is 5.35. The number of amides is 1. The van der Waals surface area contributed by atoms with Crippen molar-refractivity contribution in [3.63, 3.8) is 0 Å². The second-order valence-electron chi connectivity index (χ2n) is 5.35. The highest BCUT2D eigenvalue weighted by molar-refractivity contribution is 5.79. The van der Waals surface area contributed by atoms with E-state index in [1.165, 1.54) is 0 Å². The fourth-order valence-corrected chi connectivity index (χ4v) is 2.26. The zero-order valence-corrected chi connectivity index (χ0v) is 12.2. The monoisotopic (exact) mass is 262 g/mol. The molecule has 3 nitrogen and oxygen atoms in total. The Kier molecular flexibility index (Phi) is 6.57. The minimum absolute atomic E-state index is 0.0693. The van der Waals surface area contributed by atoms with Gasteiger partial charge in [0, 0.05) is 6.54 Å². The normalized spacial score (nSPS) is 14.2. The highest BCUT2D eigenvalue weighted by Crippen LogP contribution is 2.20. The molecule has 0 heterocycles. The van der Waals surface area contributed by atoms with Crippen molar-refractivity contribution in [2.75, 3.05) is 6.54 Å². The third-order valence-electron chi connectivity index (χ3n) is 3.49. The van der Waals surface area contributed by atoms with E-state index in [9.17, 15) is 4.79 Å². The van der Waals surface area contributed by atoms with Crippen LogP contribution < -0.4 is 11.1 Å². The lowest BCUT2D eigenvalue weighted by Crippen LogP contribution is -2.39. The third kappa shape index (κ3) is 4.67. The maximum absolute atomic E-state index is 12.3. The average molecular weight is 262 g/mol. The lowest BCUT2D eigenvalue weighted by atomic mass is 9.93. The summed E-state index contributed by atoms with van der Waals surface area (Å²) < 4.78 is 0. The Hall–Kier alpha value is -1.35. The van der Waals surface area contributed by atoms with Crippen LogP contribution in [0.5, 0.6) is 0 Å². The Morgan fingerprint density at radius 2 is 1.89 bits per heavy atom. The molecule has 0 aromatic heterocycles. The van der Waals surface area contributed by atoms with E-state index < -0.39 is 0 Å². The summed E-state index contributed by atoms with van der Waals surface area (Å²) in [5.41, 5.74) is 6.87. The Morgan fingerprint density at radius 1 is 1.26 bits per heavy atom. The van der Waals surface area contributed by atoms with Crippen molar-refractivity contribution in [3.05, 3.63) is 35.9 Å². The number of carbonyl (C=O) groups is 1. The molecule has 1 aromatic carbocycles. The van der Waals surface area contributed by atoms with Crippen LogP contribution in [0, 0.1) is 11.8 Å². The number of carbonyl (C=O) groups excluding carboxylic acids is 1. The first-order valence-electron chi connectivity index (χ1n) is 7.15. The van der Waals surface area contributed by atoms with Gasteiger partial charge in [0.15, 0.2) is 0 Å². The van der Waals surface area contributed by atoms with Crippen molar-refractivity contribution in [2.45, 2.75) is 39.7 Å². The molecule has 106 valence electrons. The van der Waals surface area contributed by atoms with Gasteiger partial charge in [-0.15, -0.1) is 0 Å². The summed E-state index contributed by atoms with van der Waals surface area (Å²) in [4.78, 5) is 12.3. The predicted molar refractivity (Wildman–Crippen MR) is 79.6 cm³/mol. The minimum atomic E-state index is -0.108. The molecule has 19 heavy (non-hydrogen) atoms. The molecule has 1 rings (SSSR count). The number of rotatable bonds is 7. The Morgan fingerprint density at radius 3 is 2.37 bits per heavy atom. The summed E-state index contributed by atoms with van der Waals surface area (Å²) >= 11 is 0. The lowest BCUT2D eigenvalue weighted by Gasteiger charge is -2.24. The van der Waals surface area contributed by atoms with E-state index >= 15 is 0 Å². The van der Waals surface area contributed by atoms with Crippen LogP contribution in [0.25, 0.3) is 0 Å². The van der Waals surface area contributed by atoms with E-state index in [4.69, 9.17) is 5.73 Å². The molecule has 3 N–H and O–H groups in total. The van der Waals surface area contributed by atoms with Crippen LogP contribution in [0.2, 0.25) is 0 Å². The van der Waals surface area contributed by atoms with Crippen LogP contribution >= 0.6 is 0 Å². The smallest absolute Gasteiger partial charge is 0.225 e. The molecule has 0 bridgehead atoms. The summed E-state index contributed by atoms with van der Waals surface area (Å²) in [5.74, 6) is 0.228.